The molecule has 474 valence electrons. The molecule has 0 radical (unpaired) electrons. The van der Waals surface area contributed by atoms with Gasteiger partial charge in [0.1, 0.15) is 49.4 Å². The first-order valence-electron chi connectivity index (χ1n) is 26.8. The molecule has 8 N–H and O–H groups in total. The molecule has 0 heterocycles. The maximum atomic E-state index is 12.4. The van der Waals surface area contributed by atoms with Crippen molar-refractivity contribution in [3.63, 3.8) is 0 Å². The molecule has 6 aromatic rings. The lowest BCUT2D eigenvalue weighted by atomic mass is 10.2. The van der Waals surface area contributed by atoms with E-state index in [2.05, 4.69) is 0 Å². The first-order valence-corrected chi connectivity index (χ1v) is 26.8. The van der Waals surface area contributed by atoms with Crippen LogP contribution in [-0.4, -0.2) is 127 Å². The smallest absolute Gasteiger partial charge is 0.392 e. The van der Waals surface area contributed by atoms with Gasteiger partial charge < -0.3 is 75.0 Å². The van der Waals surface area contributed by atoms with Gasteiger partial charge >= 0.3 is 48.2 Å². The summed E-state index contributed by atoms with van der Waals surface area (Å²) in [6.07, 6.45) is -5.29. The molecule has 0 amide bonds. The lowest BCUT2D eigenvalue weighted by molar-refractivity contribution is -0.140. The number of hydrogen-bond donors (Lipinski definition) is 4. The number of carbonyl (C=O) groups excluding carboxylic acids is 6. The lowest BCUT2D eigenvalue weighted by Crippen LogP contribution is -2.15. The van der Waals surface area contributed by atoms with Crippen LogP contribution >= 0.6 is 0 Å². The van der Waals surface area contributed by atoms with Crippen LogP contribution in [0, 0.1) is 0 Å². The van der Waals surface area contributed by atoms with Crippen LogP contribution in [-0.2, 0) is 42.7 Å². The summed E-state index contributed by atoms with van der Waals surface area (Å²) in [6.45, 7) is -0.00373. The van der Waals surface area contributed by atoms with Crippen molar-refractivity contribution >= 4 is 70.7 Å². The van der Waals surface area contributed by atoms with Gasteiger partial charge in [-0.3, -0.25) is 0 Å². The van der Waals surface area contributed by atoms with E-state index in [1.165, 1.54) is 133 Å². The van der Waals surface area contributed by atoms with Crippen molar-refractivity contribution in [1.82, 2.24) is 0 Å². The predicted octanol–water partition coefficient (Wildman–Crippen LogP) is 9.68. The van der Waals surface area contributed by atoms with Crippen LogP contribution in [0.2, 0.25) is 0 Å². The van der Waals surface area contributed by atoms with Crippen molar-refractivity contribution in [3.05, 3.63) is 179 Å². The van der Waals surface area contributed by atoms with Gasteiger partial charge in [-0.1, -0.05) is 24.3 Å². The summed E-state index contributed by atoms with van der Waals surface area (Å²) in [4.78, 5) is 72.5. The Labute approximate surface area is 505 Å². The van der Waals surface area contributed by atoms with Gasteiger partial charge in [-0.25, -0.2) is 28.8 Å². The molecule has 0 fully saturated rings. The molecule has 0 spiro atoms. The van der Waals surface area contributed by atoms with Crippen molar-refractivity contribution in [1.29, 1.82) is 0 Å². The first-order chi connectivity index (χ1) is 42.5. The molecule has 0 atom stereocenters. The summed E-state index contributed by atoms with van der Waals surface area (Å²) in [6, 6.07) is 32.6. The van der Waals surface area contributed by atoms with Crippen molar-refractivity contribution in [2.75, 3.05) is 102 Å². The van der Waals surface area contributed by atoms with E-state index in [1.807, 2.05) is 0 Å². The molecule has 0 saturated heterocycles. The zero-order valence-electron chi connectivity index (χ0n) is 47.4. The summed E-state index contributed by atoms with van der Waals surface area (Å²) >= 11 is 0. The third-order valence-corrected chi connectivity index (χ3v) is 11.2. The van der Waals surface area contributed by atoms with E-state index < -0.39 is 74.2 Å². The number of halogens is 6. The highest BCUT2D eigenvalue weighted by molar-refractivity contribution is 5.94. The van der Waals surface area contributed by atoms with Crippen molar-refractivity contribution < 1.29 is 107 Å². The standard InChI is InChI=1S/C32H33F3N2O9.C30H29F3N2O8/c33-32(34,35)11-12-43-27-8-4-23(5-9-27)31(40)46-28-6-1-22(2-7-28)3-10-29(38)44-17-15-41-13-14-42-16-18-45-30(39)24-19-25(36)21-26(37)20-24;31-30(32,33)11-12-40-25-8-4-21(5-9-25)29(38)43-26-6-1-20(2-7-26)3-10-27(36)41-15-13-39-14-16-42-28(37)22-17-23(34)19-24(35)18-22/h1-10,19-21H,11-18,36-37H2;1-10,17-19H,11-16,34-35H2. The molecule has 0 unspecified atom stereocenters. The fraction of sp³-hybridized carbons (Fsp3) is 0.258. The number of esters is 6. The third-order valence-electron chi connectivity index (χ3n) is 11.2. The van der Waals surface area contributed by atoms with Gasteiger partial charge in [-0.15, -0.1) is 0 Å². The van der Waals surface area contributed by atoms with E-state index in [0.29, 0.717) is 33.9 Å². The summed E-state index contributed by atoms with van der Waals surface area (Å²) in [5.41, 5.74) is 26.2. The molecule has 0 aliphatic carbocycles. The number of rotatable bonds is 31. The molecule has 6 rings (SSSR count). The minimum Gasteiger partial charge on any atom is -0.493 e. The number of benzene rings is 6. The van der Waals surface area contributed by atoms with Crippen LogP contribution in [0.1, 0.15) is 65.4 Å². The van der Waals surface area contributed by atoms with E-state index in [-0.39, 0.29) is 111 Å². The Balaban J connectivity index is 0.000000325. The molecule has 6 aromatic carbocycles. The van der Waals surface area contributed by atoms with Crippen LogP contribution in [0.15, 0.2) is 146 Å². The third kappa shape index (κ3) is 28.8. The topological polar surface area (TPSA) is 308 Å². The normalized spacial score (nSPS) is 11.3. The highest BCUT2D eigenvalue weighted by atomic mass is 19.4. The quantitative estimate of drug-likeness (QED) is 0.00598. The highest BCUT2D eigenvalue weighted by Crippen LogP contribution is 2.24. The second kappa shape index (κ2) is 36.1. The fourth-order valence-electron chi connectivity index (χ4n) is 6.96. The van der Waals surface area contributed by atoms with E-state index in [9.17, 15) is 55.1 Å². The molecule has 0 aromatic heterocycles. The Kier molecular flexibility index (Phi) is 28.3. The Bertz CT molecular complexity index is 3270. The minimum absolute atomic E-state index is 0.0116. The maximum absolute atomic E-state index is 12.4. The highest BCUT2D eigenvalue weighted by Gasteiger charge is 2.28. The van der Waals surface area contributed by atoms with E-state index in [0.717, 1.165) is 0 Å². The number of ether oxygens (including phenoxy) is 11. The Morgan fingerprint density at radius 2 is 0.629 bits per heavy atom. The molecule has 89 heavy (non-hydrogen) atoms. The Morgan fingerprint density at radius 3 is 0.944 bits per heavy atom. The predicted molar refractivity (Wildman–Crippen MR) is 312 cm³/mol. The van der Waals surface area contributed by atoms with Gasteiger partial charge in [0.25, 0.3) is 0 Å². The average molecular weight is 1250 g/mol. The number of anilines is 4. The number of nitrogens with two attached hydrogens (primary N) is 4. The van der Waals surface area contributed by atoms with Gasteiger partial charge in [0, 0.05) is 34.9 Å². The van der Waals surface area contributed by atoms with Crippen LogP contribution in [0.4, 0.5) is 49.1 Å². The van der Waals surface area contributed by atoms with E-state index >= 15 is 0 Å². The zero-order chi connectivity index (χ0) is 64.6. The number of carbonyl (C=O) groups is 6. The van der Waals surface area contributed by atoms with Crippen molar-refractivity contribution in [3.8, 4) is 23.0 Å². The van der Waals surface area contributed by atoms with Gasteiger partial charge in [0.2, 0.25) is 0 Å². The van der Waals surface area contributed by atoms with Gasteiger partial charge in [0.05, 0.1) is 88.0 Å². The molecular formula is C62H62F6N4O17. The summed E-state index contributed by atoms with van der Waals surface area (Å²) in [5.74, 6) is -2.76. The largest absolute Gasteiger partial charge is 0.493 e. The summed E-state index contributed by atoms with van der Waals surface area (Å²) in [5, 5.41) is 0. The number of alkyl halides is 6. The van der Waals surface area contributed by atoms with Crippen LogP contribution in [0.5, 0.6) is 23.0 Å². The summed E-state index contributed by atoms with van der Waals surface area (Å²) < 4.78 is 130. The molecule has 0 aliphatic heterocycles. The van der Waals surface area contributed by atoms with E-state index in [4.69, 9.17) is 75.0 Å². The molecule has 0 bridgehead atoms. The second-order valence-electron chi connectivity index (χ2n) is 18.3. The average Bonchev–Trinajstić information content (AvgIpc) is 3.70. The van der Waals surface area contributed by atoms with Gasteiger partial charge in [-0.05, 0) is 132 Å². The number of hydrogen-bond acceptors (Lipinski definition) is 21. The fourth-order valence-corrected chi connectivity index (χ4v) is 6.96. The SMILES string of the molecule is Nc1cc(N)cc(C(=O)OCCOCCOC(=O)C=Cc2ccc(OC(=O)c3ccc(OCCC(F)(F)F)cc3)cc2)c1.Nc1cc(N)cc(C(=O)OCCOCCOCCOC(=O)C=Cc2ccc(OC(=O)c3ccc(OCCC(F)(F)F)cc3)cc2)c1. The Morgan fingerprint density at radius 1 is 0.337 bits per heavy atom. The number of nitrogen functional groups attached to an aromatic ring is 4. The van der Waals surface area contributed by atoms with Crippen molar-refractivity contribution in [2.24, 2.45) is 0 Å². The minimum atomic E-state index is -4.31. The van der Waals surface area contributed by atoms with Crippen LogP contribution in [0.25, 0.3) is 12.2 Å². The van der Waals surface area contributed by atoms with Crippen LogP contribution in [0.3, 0.4) is 0 Å². The lowest BCUT2D eigenvalue weighted by Gasteiger charge is -2.09. The zero-order valence-corrected chi connectivity index (χ0v) is 47.4. The molecule has 0 aliphatic rings. The second-order valence-corrected chi connectivity index (χ2v) is 18.3. The maximum Gasteiger partial charge on any atom is 0.392 e. The monoisotopic (exact) mass is 1250 g/mol. The van der Waals surface area contributed by atoms with E-state index in [1.54, 1.807) is 24.3 Å². The summed E-state index contributed by atoms with van der Waals surface area (Å²) in [7, 11) is 0. The molecular weight excluding hydrogens is 1190 g/mol. The first kappa shape index (κ1) is 69.6. The molecule has 27 heteroatoms. The molecule has 21 nitrogen and oxygen atoms in total. The molecule has 0 saturated carbocycles. The van der Waals surface area contributed by atoms with Gasteiger partial charge in [-0.2, -0.15) is 26.3 Å². The van der Waals surface area contributed by atoms with Crippen LogP contribution < -0.4 is 41.9 Å². The van der Waals surface area contributed by atoms with Gasteiger partial charge in [0.15, 0.2) is 0 Å². The van der Waals surface area contributed by atoms with Crippen molar-refractivity contribution in [2.45, 2.75) is 25.2 Å². The Hall–Kier alpha value is -10.1.